The van der Waals surface area contributed by atoms with Gasteiger partial charge >= 0.3 is 0 Å². The third-order valence-electron chi connectivity index (χ3n) is 2.40. The molecule has 0 saturated carbocycles. The Hall–Kier alpha value is -1.23. The van der Waals surface area contributed by atoms with E-state index in [1.807, 2.05) is 14.0 Å². The highest BCUT2D eigenvalue weighted by molar-refractivity contribution is 5.66. The molecular formula is C10H20N4O. The maximum atomic E-state index is 9.00. The number of aliphatic hydroxyl groups excluding tert-OH is 1. The highest BCUT2D eigenvalue weighted by Gasteiger charge is 2.15. The number of aliphatic hydroxyl groups is 1. The molecule has 0 fully saturated rings. The number of nitrogens with zero attached hydrogens (tertiary/aromatic N) is 3. The number of aromatic nitrogens is 2. The minimum Gasteiger partial charge on any atom is -0.395 e. The fraction of sp³-hybridized carbons (Fsp3) is 0.700. The summed E-state index contributed by atoms with van der Waals surface area (Å²) in [5, 5.41) is 13.3. The van der Waals surface area contributed by atoms with Crippen LogP contribution in [0.4, 0.5) is 11.5 Å². The fourth-order valence-corrected chi connectivity index (χ4v) is 1.75. The molecule has 1 aromatic rings. The van der Waals surface area contributed by atoms with Gasteiger partial charge in [0.1, 0.15) is 5.82 Å². The molecule has 0 aromatic carbocycles. The van der Waals surface area contributed by atoms with Crippen molar-refractivity contribution in [3.63, 3.8) is 0 Å². The van der Waals surface area contributed by atoms with Crippen molar-refractivity contribution in [1.82, 2.24) is 9.78 Å². The Balaban J connectivity index is 2.98. The van der Waals surface area contributed by atoms with Crippen molar-refractivity contribution in [1.29, 1.82) is 0 Å². The van der Waals surface area contributed by atoms with Crippen LogP contribution in [0.3, 0.4) is 0 Å². The molecule has 0 aliphatic heterocycles. The third-order valence-corrected chi connectivity index (χ3v) is 2.40. The van der Waals surface area contributed by atoms with Gasteiger partial charge in [-0.25, -0.2) is 0 Å². The Morgan fingerprint density at radius 1 is 1.47 bits per heavy atom. The van der Waals surface area contributed by atoms with Crippen molar-refractivity contribution in [2.75, 3.05) is 30.3 Å². The Labute approximate surface area is 90.5 Å². The molecule has 86 valence electrons. The van der Waals surface area contributed by atoms with Crippen molar-refractivity contribution in [3.05, 3.63) is 5.69 Å². The van der Waals surface area contributed by atoms with Crippen molar-refractivity contribution < 1.29 is 5.11 Å². The van der Waals surface area contributed by atoms with Crippen LogP contribution in [-0.2, 0) is 7.05 Å². The first-order valence-electron chi connectivity index (χ1n) is 5.26. The van der Waals surface area contributed by atoms with E-state index in [1.54, 1.807) is 4.68 Å². The van der Waals surface area contributed by atoms with Crippen LogP contribution in [0.15, 0.2) is 0 Å². The third kappa shape index (κ3) is 2.41. The molecule has 1 aromatic heterocycles. The van der Waals surface area contributed by atoms with Crippen LogP contribution < -0.4 is 10.6 Å². The SMILES string of the molecule is CCCN(CCO)c1c(N)c(C)nn1C. The minimum absolute atomic E-state index is 0.129. The fourth-order valence-electron chi connectivity index (χ4n) is 1.75. The standard InChI is InChI=1S/C10H20N4O/c1-4-5-14(6-7-15)10-9(11)8(2)12-13(10)3/h15H,4-7,11H2,1-3H3. The van der Waals surface area contributed by atoms with Gasteiger partial charge in [0.2, 0.25) is 0 Å². The number of nitrogen functional groups attached to an aromatic ring is 1. The van der Waals surface area contributed by atoms with E-state index in [4.69, 9.17) is 10.8 Å². The predicted molar refractivity (Wildman–Crippen MR) is 61.9 cm³/mol. The Morgan fingerprint density at radius 3 is 2.53 bits per heavy atom. The van der Waals surface area contributed by atoms with Gasteiger partial charge in [0.05, 0.1) is 18.0 Å². The molecule has 1 rings (SSSR count). The van der Waals surface area contributed by atoms with Gasteiger partial charge in [-0.2, -0.15) is 5.10 Å². The van der Waals surface area contributed by atoms with Crippen LogP contribution in [0.1, 0.15) is 19.0 Å². The molecule has 5 heteroatoms. The Morgan fingerprint density at radius 2 is 2.13 bits per heavy atom. The van der Waals surface area contributed by atoms with Gasteiger partial charge in [0, 0.05) is 20.1 Å². The zero-order chi connectivity index (χ0) is 11.4. The molecule has 0 atom stereocenters. The highest BCUT2D eigenvalue weighted by atomic mass is 16.3. The summed E-state index contributed by atoms with van der Waals surface area (Å²) in [7, 11) is 1.87. The number of rotatable bonds is 5. The van der Waals surface area contributed by atoms with E-state index >= 15 is 0 Å². The molecule has 0 aliphatic carbocycles. The van der Waals surface area contributed by atoms with Crippen molar-refractivity contribution in [3.8, 4) is 0 Å². The van der Waals surface area contributed by atoms with Crippen LogP contribution in [0.5, 0.6) is 0 Å². The van der Waals surface area contributed by atoms with Gasteiger partial charge < -0.3 is 15.7 Å². The number of hydrogen-bond acceptors (Lipinski definition) is 4. The molecule has 0 amide bonds. The number of nitrogens with two attached hydrogens (primary N) is 1. The maximum Gasteiger partial charge on any atom is 0.150 e. The summed E-state index contributed by atoms with van der Waals surface area (Å²) in [6.45, 7) is 5.59. The van der Waals surface area contributed by atoms with Crippen molar-refractivity contribution in [2.45, 2.75) is 20.3 Å². The molecule has 15 heavy (non-hydrogen) atoms. The van der Waals surface area contributed by atoms with Gasteiger partial charge in [-0.05, 0) is 13.3 Å². The van der Waals surface area contributed by atoms with Gasteiger partial charge in [-0.1, -0.05) is 6.92 Å². The quantitative estimate of drug-likeness (QED) is 0.746. The lowest BCUT2D eigenvalue weighted by atomic mass is 10.3. The molecule has 0 radical (unpaired) electrons. The summed E-state index contributed by atoms with van der Waals surface area (Å²) < 4.78 is 1.77. The molecule has 0 bridgehead atoms. The summed E-state index contributed by atoms with van der Waals surface area (Å²) in [5.41, 5.74) is 7.51. The van der Waals surface area contributed by atoms with E-state index in [-0.39, 0.29) is 6.61 Å². The highest BCUT2D eigenvalue weighted by Crippen LogP contribution is 2.25. The summed E-state index contributed by atoms with van der Waals surface area (Å²) in [6.07, 6.45) is 1.02. The molecule has 0 aliphatic rings. The Bertz CT molecular complexity index is 315. The number of hydrogen-bond donors (Lipinski definition) is 2. The van der Waals surface area contributed by atoms with E-state index < -0.39 is 0 Å². The molecule has 0 unspecified atom stereocenters. The van der Waals surface area contributed by atoms with Gasteiger partial charge in [-0.15, -0.1) is 0 Å². The first kappa shape index (κ1) is 11.8. The Kier molecular flexibility index (Phi) is 3.96. The second kappa shape index (κ2) is 5.02. The first-order valence-corrected chi connectivity index (χ1v) is 5.26. The van der Waals surface area contributed by atoms with Crippen LogP contribution >= 0.6 is 0 Å². The lowest BCUT2D eigenvalue weighted by Gasteiger charge is -2.23. The van der Waals surface area contributed by atoms with Crippen molar-refractivity contribution >= 4 is 11.5 Å². The van der Waals surface area contributed by atoms with E-state index in [0.29, 0.717) is 12.2 Å². The lowest BCUT2D eigenvalue weighted by Crippen LogP contribution is -2.30. The van der Waals surface area contributed by atoms with Crippen molar-refractivity contribution in [2.24, 2.45) is 7.05 Å². The van der Waals surface area contributed by atoms with E-state index in [1.165, 1.54) is 0 Å². The minimum atomic E-state index is 0.129. The molecule has 1 heterocycles. The molecule has 3 N–H and O–H groups in total. The summed E-state index contributed by atoms with van der Waals surface area (Å²) in [5.74, 6) is 0.906. The number of anilines is 2. The topological polar surface area (TPSA) is 67.3 Å². The van der Waals surface area contributed by atoms with Gasteiger partial charge in [0.15, 0.2) is 0 Å². The van der Waals surface area contributed by atoms with Crippen LogP contribution in [0.2, 0.25) is 0 Å². The molecule has 0 saturated heterocycles. The maximum absolute atomic E-state index is 9.00. The van der Waals surface area contributed by atoms with Crippen LogP contribution in [-0.4, -0.2) is 34.6 Å². The molecular weight excluding hydrogens is 192 g/mol. The summed E-state index contributed by atoms with van der Waals surface area (Å²) >= 11 is 0. The largest absolute Gasteiger partial charge is 0.395 e. The summed E-state index contributed by atoms with van der Waals surface area (Å²) in [4.78, 5) is 2.06. The number of aryl methyl sites for hydroxylation is 2. The van der Waals surface area contributed by atoms with E-state index in [0.717, 1.165) is 24.5 Å². The zero-order valence-electron chi connectivity index (χ0n) is 9.69. The second-order valence-electron chi connectivity index (χ2n) is 3.66. The predicted octanol–water partition coefficient (Wildman–Crippen LogP) is 0.519. The monoisotopic (exact) mass is 212 g/mol. The zero-order valence-corrected chi connectivity index (χ0v) is 9.69. The molecule has 0 spiro atoms. The summed E-state index contributed by atoms with van der Waals surface area (Å²) in [6, 6.07) is 0. The van der Waals surface area contributed by atoms with E-state index in [9.17, 15) is 0 Å². The smallest absolute Gasteiger partial charge is 0.150 e. The average Bonchev–Trinajstić information content (AvgIpc) is 2.41. The first-order chi connectivity index (χ1) is 7.11. The average molecular weight is 212 g/mol. The van der Waals surface area contributed by atoms with Gasteiger partial charge in [-0.3, -0.25) is 4.68 Å². The van der Waals surface area contributed by atoms with Crippen LogP contribution in [0, 0.1) is 6.92 Å². The normalized spacial score (nSPS) is 10.7. The lowest BCUT2D eigenvalue weighted by molar-refractivity contribution is 0.301. The second-order valence-corrected chi connectivity index (χ2v) is 3.66. The van der Waals surface area contributed by atoms with Gasteiger partial charge in [0.25, 0.3) is 0 Å². The van der Waals surface area contributed by atoms with E-state index in [2.05, 4.69) is 16.9 Å². The van der Waals surface area contributed by atoms with Crippen LogP contribution in [0.25, 0.3) is 0 Å². The molecule has 5 nitrogen and oxygen atoms in total.